The molecule has 0 aromatic rings. The van der Waals surface area contributed by atoms with Crippen LogP contribution in [0.2, 0.25) is 0 Å². The Morgan fingerprint density at radius 2 is 2.00 bits per heavy atom. The van der Waals surface area contributed by atoms with Crippen molar-refractivity contribution in [1.29, 1.82) is 0 Å². The molecule has 0 spiro atoms. The van der Waals surface area contributed by atoms with Gasteiger partial charge in [-0.05, 0) is 45.4 Å². The van der Waals surface area contributed by atoms with Gasteiger partial charge < -0.3 is 10.2 Å². The van der Waals surface area contributed by atoms with Gasteiger partial charge in [-0.3, -0.25) is 0 Å². The predicted molar refractivity (Wildman–Crippen MR) is 64.7 cm³/mol. The molecule has 1 rings (SSSR count). The van der Waals surface area contributed by atoms with Gasteiger partial charge in [0.15, 0.2) is 0 Å². The molecule has 1 N–H and O–H groups in total. The van der Waals surface area contributed by atoms with Gasteiger partial charge in [0, 0.05) is 6.04 Å². The molecule has 0 bridgehead atoms. The Labute approximate surface area is 90.1 Å². The quantitative estimate of drug-likeness (QED) is 0.749. The third-order valence-corrected chi connectivity index (χ3v) is 3.05. The Balaban J connectivity index is 0.000000791. The molecule has 1 aliphatic heterocycles. The molecule has 2 atom stereocenters. The van der Waals surface area contributed by atoms with Crippen LogP contribution >= 0.6 is 0 Å². The summed E-state index contributed by atoms with van der Waals surface area (Å²) in [6.07, 6.45) is 2.67. The van der Waals surface area contributed by atoms with Crippen LogP contribution in [0.5, 0.6) is 0 Å². The standard InChI is InChI=1S/C10H22N2.C2H6/c1-4-12(3)8-6-10-9(2)5-7-11-10;1-2/h9-11H,4-8H2,1-3H3;1-2H3. The molecule has 1 saturated heterocycles. The molecule has 14 heavy (non-hydrogen) atoms. The van der Waals surface area contributed by atoms with Gasteiger partial charge in [0.25, 0.3) is 0 Å². The zero-order valence-electron chi connectivity index (χ0n) is 10.6. The van der Waals surface area contributed by atoms with Crippen molar-refractivity contribution < 1.29 is 0 Å². The molecule has 1 fully saturated rings. The van der Waals surface area contributed by atoms with Gasteiger partial charge in [-0.15, -0.1) is 0 Å². The smallest absolute Gasteiger partial charge is 0.0105 e. The second-order valence-electron chi connectivity index (χ2n) is 4.01. The highest BCUT2D eigenvalue weighted by atomic mass is 15.1. The van der Waals surface area contributed by atoms with Crippen LogP contribution in [0.1, 0.15) is 40.5 Å². The van der Waals surface area contributed by atoms with Gasteiger partial charge in [0.1, 0.15) is 0 Å². The average molecular weight is 200 g/mol. The van der Waals surface area contributed by atoms with Crippen molar-refractivity contribution in [2.24, 2.45) is 5.92 Å². The molecule has 2 unspecified atom stereocenters. The van der Waals surface area contributed by atoms with Crippen LogP contribution in [0.15, 0.2) is 0 Å². The molecule has 2 heteroatoms. The van der Waals surface area contributed by atoms with Gasteiger partial charge in [0.05, 0.1) is 0 Å². The van der Waals surface area contributed by atoms with Crippen LogP contribution in [0, 0.1) is 5.92 Å². The topological polar surface area (TPSA) is 15.3 Å². The lowest BCUT2D eigenvalue weighted by molar-refractivity contribution is 0.312. The molecule has 1 heterocycles. The maximum atomic E-state index is 3.56. The number of rotatable bonds is 4. The Bertz CT molecular complexity index is 125. The van der Waals surface area contributed by atoms with E-state index in [4.69, 9.17) is 0 Å². The molecule has 0 radical (unpaired) electrons. The van der Waals surface area contributed by atoms with E-state index in [0.29, 0.717) is 0 Å². The molecule has 0 saturated carbocycles. The van der Waals surface area contributed by atoms with Gasteiger partial charge in [-0.2, -0.15) is 0 Å². The summed E-state index contributed by atoms with van der Waals surface area (Å²) in [6.45, 7) is 12.2. The second-order valence-corrected chi connectivity index (χ2v) is 4.01. The fraction of sp³-hybridized carbons (Fsp3) is 1.00. The Kier molecular flexibility index (Phi) is 8.20. The number of nitrogens with one attached hydrogen (secondary N) is 1. The van der Waals surface area contributed by atoms with E-state index in [1.165, 1.54) is 32.5 Å². The highest BCUT2D eigenvalue weighted by molar-refractivity contribution is 4.81. The largest absolute Gasteiger partial charge is 0.314 e. The lowest BCUT2D eigenvalue weighted by Crippen LogP contribution is -2.31. The van der Waals surface area contributed by atoms with Crippen molar-refractivity contribution in [3.63, 3.8) is 0 Å². The van der Waals surface area contributed by atoms with E-state index < -0.39 is 0 Å². The zero-order valence-corrected chi connectivity index (χ0v) is 10.6. The van der Waals surface area contributed by atoms with Crippen molar-refractivity contribution in [2.75, 3.05) is 26.7 Å². The highest BCUT2D eigenvalue weighted by Crippen LogP contribution is 2.16. The normalized spacial score (nSPS) is 26.1. The third-order valence-electron chi connectivity index (χ3n) is 3.05. The summed E-state index contributed by atoms with van der Waals surface area (Å²) in [5, 5.41) is 3.56. The van der Waals surface area contributed by atoms with Gasteiger partial charge >= 0.3 is 0 Å². The van der Waals surface area contributed by atoms with Crippen LogP contribution in [0.3, 0.4) is 0 Å². The van der Waals surface area contributed by atoms with E-state index in [-0.39, 0.29) is 0 Å². The molecular weight excluding hydrogens is 172 g/mol. The van der Waals surface area contributed by atoms with Crippen molar-refractivity contribution in [1.82, 2.24) is 10.2 Å². The SMILES string of the molecule is CC.CCN(C)CCC1NCCC1C. The molecule has 0 aliphatic carbocycles. The fourth-order valence-electron chi connectivity index (χ4n) is 1.80. The Hall–Kier alpha value is -0.0800. The van der Waals surface area contributed by atoms with E-state index in [0.717, 1.165) is 12.0 Å². The van der Waals surface area contributed by atoms with E-state index in [1.54, 1.807) is 0 Å². The lowest BCUT2D eigenvalue weighted by Gasteiger charge is -2.19. The van der Waals surface area contributed by atoms with E-state index in [1.807, 2.05) is 13.8 Å². The van der Waals surface area contributed by atoms with Crippen LogP contribution < -0.4 is 5.32 Å². The summed E-state index contributed by atoms with van der Waals surface area (Å²) < 4.78 is 0. The number of hydrogen-bond acceptors (Lipinski definition) is 2. The maximum absolute atomic E-state index is 3.56. The highest BCUT2D eigenvalue weighted by Gasteiger charge is 2.21. The molecule has 2 nitrogen and oxygen atoms in total. The molecule has 0 amide bonds. The van der Waals surface area contributed by atoms with Crippen LogP contribution in [0.4, 0.5) is 0 Å². The monoisotopic (exact) mass is 200 g/mol. The van der Waals surface area contributed by atoms with Crippen molar-refractivity contribution in [3.05, 3.63) is 0 Å². The summed E-state index contributed by atoms with van der Waals surface area (Å²) >= 11 is 0. The first-order chi connectivity index (χ1) is 6.74. The van der Waals surface area contributed by atoms with E-state index in [9.17, 15) is 0 Å². The van der Waals surface area contributed by atoms with E-state index >= 15 is 0 Å². The summed E-state index contributed by atoms with van der Waals surface area (Å²) in [5.74, 6) is 0.884. The first-order valence-corrected chi connectivity index (χ1v) is 6.16. The molecule has 0 aromatic carbocycles. The predicted octanol–water partition coefficient (Wildman–Crippen LogP) is 2.35. The first-order valence-electron chi connectivity index (χ1n) is 6.16. The third kappa shape index (κ3) is 4.97. The minimum absolute atomic E-state index is 0.777. The summed E-state index contributed by atoms with van der Waals surface area (Å²) in [5.41, 5.74) is 0. The molecule has 86 valence electrons. The molecular formula is C12H28N2. The fourth-order valence-corrected chi connectivity index (χ4v) is 1.80. The summed E-state index contributed by atoms with van der Waals surface area (Å²) in [6, 6.07) is 0.777. The van der Waals surface area contributed by atoms with Gasteiger partial charge in [-0.25, -0.2) is 0 Å². The van der Waals surface area contributed by atoms with E-state index in [2.05, 4.69) is 31.1 Å². The number of nitrogens with zero attached hydrogens (tertiary/aromatic N) is 1. The zero-order chi connectivity index (χ0) is 11.0. The molecule has 1 aliphatic rings. The Morgan fingerprint density at radius 3 is 2.43 bits per heavy atom. The molecule has 0 aromatic heterocycles. The van der Waals surface area contributed by atoms with Crippen LogP contribution in [-0.4, -0.2) is 37.6 Å². The maximum Gasteiger partial charge on any atom is 0.0105 e. The van der Waals surface area contributed by atoms with Crippen LogP contribution in [0.25, 0.3) is 0 Å². The lowest BCUT2D eigenvalue weighted by atomic mass is 10.0. The minimum atomic E-state index is 0.777. The van der Waals surface area contributed by atoms with Crippen molar-refractivity contribution in [3.8, 4) is 0 Å². The second kappa shape index (κ2) is 8.25. The van der Waals surface area contributed by atoms with Crippen molar-refractivity contribution in [2.45, 2.75) is 46.6 Å². The average Bonchev–Trinajstić information content (AvgIpc) is 2.63. The van der Waals surface area contributed by atoms with Crippen LogP contribution in [-0.2, 0) is 0 Å². The number of hydrogen-bond donors (Lipinski definition) is 1. The minimum Gasteiger partial charge on any atom is -0.314 e. The van der Waals surface area contributed by atoms with Gasteiger partial charge in [-0.1, -0.05) is 27.7 Å². The Morgan fingerprint density at radius 1 is 1.36 bits per heavy atom. The summed E-state index contributed by atoms with van der Waals surface area (Å²) in [7, 11) is 2.19. The van der Waals surface area contributed by atoms with Gasteiger partial charge in [0.2, 0.25) is 0 Å². The van der Waals surface area contributed by atoms with Crippen molar-refractivity contribution >= 4 is 0 Å². The summed E-state index contributed by atoms with van der Waals surface area (Å²) in [4.78, 5) is 2.38. The first kappa shape index (κ1) is 13.9.